The lowest BCUT2D eigenvalue weighted by atomic mass is 10.0. The van der Waals surface area contributed by atoms with E-state index in [4.69, 9.17) is 4.84 Å². The smallest absolute Gasteiger partial charge is 0.264 e. The van der Waals surface area contributed by atoms with Crippen molar-refractivity contribution < 1.29 is 18.0 Å². The number of hydrogen-bond donors (Lipinski definition) is 2. The number of fused-ring (bicyclic) bond motifs is 1. The van der Waals surface area contributed by atoms with Crippen molar-refractivity contribution in [2.75, 3.05) is 14.2 Å². The zero-order valence-electron chi connectivity index (χ0n) is 16.7. The molecule has 0 saturated carbocycles. The van der Waals surface area contributed by atoms with Gasteiger partial charge >= 0.3 is 0 Å². The summed E-state index contributed by atoms with van der Waals surface area (Å²) in [5, 5.41) is 2.96. The molecule has 0 spiro atoms. The highest BCUT2D eigenvalue weighted by Gasteiger charge is 2.25. The lowest BCUT2D eigenvalue weighted by Gasteiger charge is -2.21. The fourth-order valence-corrected chi connectivity index (χ4v) is 3.96. The SMILES string of the molecule is CON(C)S(=O)(=O)c1cccc(C(=O)N[C@H](c2nc3ccccc3[nH]2)C(C)C)c1. The molecule has 2 aromatic carbocycles. The van der Waals surface area contributed by atoms with Crippen LogP contribution >= 0.6 is 0 Å². The van der Waals surface area contributed by atoms with Gasteiger partial charge in [0.15, 0.2) is 0 Å². The number of sulfonamides is 1. The fraction of sp³-hybridized carbons (Fsp3) is 0.300. The second kappa shape index (κ2) is 8.32. The fourth-order valence-electron chi connectivity index (χ4n) is 2.94. The van der Waals surface area contributed by atoms with Crippen LogP contribution < -0.4 is 5.32 Å². The van der Waals surface area contributed by atoms with Crippen LogP contribution in [0.5, 0.6) is 0 Å². The molecular weight excluding hydrogens is 392 g/mol. The van der Waals surface area contributed by atoms with Gasteiger partial charge in [0.2, 0.25) is 0 Å². The summed E-state index contributed by atoms with van der Waals surface area (Å²) in [5.74, 6) is 0.324. The van der Waals surface area contributed by atoms with Crippen molar-refractivity contribution in [2.45, 2.75) is 24.8 Å². The Morgan fingerprint density at radius 1 is 1.17 bits per heavy atom. The normalized spacial score (nSPS) is 13.2. The molecule has 0 fully saturated rings. The summed E-state index contributed by atoms with van der Waals surface area (Å²) in [5.41, 5.74) is 1.94. The van der Waals surface area contributed by atoms with E-state index in [-0.39, 0.29) is 28.3 Å². The van der Waals surface area contributed by atoms with E-state index in [1.54, 1.807) is 6.07 Å². The number of H-pyrrole nitrogens is 1. The van der Waals surface area contributed by atoms with E-state index in [0.717, 1.165) is 15.5 Å². The van der Waals surface area contributed by atoms with Gasteiger partial charge in [0, 0.05) is 12.6 Å². The van der Waals surface area contributed by atoms with Crippen LogP contribution in [0, 0.1) is 5.92 Å². The van der Waals surface area contributed by atoms with Crippen LogP contribution in [0.4, 0.5) is 0 Å². The maximum absolute atomic E-state index is 12.9. The average molecular weight is 417 g/mol. The van der Waals surface area contributed by atoms with Crippen molar-refractivity contribution in [1.29, 1.82) is 0 Å². The molecule has 8 nitrogen and oxygen atoms in total. The van der Waals surface area contributed by atoms with Gasteiger partial charge in [0.05, 0.1) is 29.1 Å². The molecular formula is C20H24N4O4S. The predicted octanol–water partition coefficient (Wildman–Crippen LogP) is 2.87. The Labute approximate surface area is 169 Å². The van der Waals surface area contributed by atoms with Gasteiger partial charge in [-0.25, -0.2) is 13.4 Å². The van der Waals surface area contributed by atoms with E-state index in [1.165, 1.54) is 32.4 Å². The van der Waals surface area contributed by atoms with Crippen LogP contribution in [0.25, 0.3) is 11.0 Å². The number of hydroxylamine groups is 1. The van der Waals surface area contributed by atoms with E-state index >= 15 is 0 Å². The Morgan fingerprint density at radius 3 is 2.55 bits per heavy atom. The number of amides is 1. The van der Waals surface area contributed by atoms with Gasteiger partial charge < -0.3 is 10.3 Å². The molecule has 29 heavy (non-hydrogen) atoms. The van der Waals surface area contributed by atoms with E-state index in [9.17, 15) is 13.2 Å². The molecule has 1 atom stereocenters. The third-order valence-electron chi connectivity index (χ3n) is 4.65. The Bertz CT molecular complexity index is 1090. The van der Waals surface area contributed by atoms with Crippen LogP contribution in [-0.2, 0) is 14.9 Å². The van der Waals surface area contributed by atoms with Crippen LogP contribution in [0.15, 0.2) is 53.4 Å². The minimum Gasteiger partial charge on any atom is -0.342 e. The summed E-state index contributed by atoms with van der Waals surface area (Å²) in [7, 11) is -1.30. The first-order chi connectivity index (χ1) is 13.7. The number of carbonyl (C=O) groups is 1. The number of rotatable bonds is 7. The summed E-state index contributed by atoms with van der Waals surface area (Å²) in [6.45, 7) is 3.96. The quantitative estimate of drug-likeness (QED) is 0.576. The van der Waals surface area contributed by atoms with Gasteiger partial charge in [0.25, 0.3) is 15.9 Å². The van der Waals surface area contributed by atoms with Crippen molar-refractivity contribution in [1.82, 2.24) is 19.8 Å². The number of nitrogens with zero attached hydrogens (tertiary/aromatic N) is 2. The first kappa shape index (κ1) is 21.0. The van der Waals surface area contributed by atoms with Crippen LogP contribution in [0.3, 0.4) is 0 Å². The first-order valence-corrected chi connectivity index (χ1v) is 10.6. The number of aromatic nitrogens is 2. The largest absolute Gasteiger partial charge is 0.342 e. The molecule has 0 saturated heterocycles. The van der Waals surface area contributed by atoms with Crippen molar-refractivity contribution >= 4 is 27.0 Å². The third-order valence-corrected chi connectivity index (χ3v) is 6.32. The summed E-state index contributed by atoms with van der Waals surface area (Å²) in [6, 6.07) is 13.1. The van der Waals surface area contributed by atoms with Gasteiger partial charge in [-0.05, 0) is 36.2 Å². The Morgan fingerprint density at radius 2 is 1.90 bits per heavy atom. The number of hydrogen-bond acceptors (Lipinski definition) is 5. The van der Waals surface area contributed by atoms with Gasteiger partial charge in [-0.2, -0.15) is 0 Å². The molecule has 3 rings (SSSR count). The number of aromatic amines is 1. The number of nitrogens with one attached hydrogen (secondary N) is 2. The monoisotopic (exact) mass is 416 g/mol. The van der Waals surface area contributed by atoms with Crippen molar-refractivity contribution in [3.05, 3.63) is 59.9 Å². The Hall–Kier alpha value is -2.75. The summed E-state index contributed by atoms with van der Waals surface area (Å²) >= 11 is 0. The van der Waals surface area contributed by atoms with Gasteiger partial charge in [-0.15, -0.1) is 0 Å². The number of benzene rings is 2. The number of para-hydroxylation sites is 2. The molecule has 2 N–H and O–H groups in total. The van der Waals surface area contributed by atoms with Gasteiger partial charge in [0.1, 0.15) is 5.82 Å². The lowest BCUT2D eigenvalue weighted by molar-refractivity contribution is -0.0258. The number of carbonyl (C=O) groups excluding carboxylic acids is 1. The van der Waals surface area contributed by atoms with Crippen LogP contribution in [0.1, 0.15) is 36.1 Å². The molecule has 0 aliphatic carbocycles. The lowest BCUT2D eigenvalue weighted by Crippen LogP contribution is -2.32. The maximum atomic E-state index is 12.9. The second-order valence-corrected chi connectivity index (χ2v) is 8.90. The third kappa shape index (κ3) is 4.31. The molecule has 0 unspecified atom stereocenters. The van der Waals surface area contributed by atoms with E-state index in [0.29, 0.717) is 5.82 Å². The molecule has 0 radical (unpaired) electrons. The van der Waals surface area contributed by atoms with Crippen molar-refractivity contribution in [3.63, 3.8) is 0 Å². The molecule has 3 aromatic rings. The highest BCUT2D eigenvalue weighted by molar-refractivity contribution is 7.89. The molecule has 0 aliphatic heterocycles. The van der Waals surface area contributed by atoms with Crippen molar-refractivity contribution in [2.24, 2.45) is 5.92 Å². The predicted molar refractivity (Wildman–Crippen MR) is 110 cm³/mol. The summed E-state index contributed by atoms with van der Waals surface area (Å²) < 4.78 is 25.6. The van der Waals surface area contributed by atoms with E-state index < -0.39 is 10.0 Å². The molecule has 0 aliphatic rings. The highest BCUT2D eigenvalue weighted by atomic mass is 32.2. The molecule has 154 valence electrons. The van der Waals surface area contributed by atoms with E-state index in [2.05, 4.69) is 15.3 Å². The molecule has 0 bridgehead atoms. The Kier molecular flexibility index (Phi) is 6.02. The first-order valence-electron chi connectivity index (χ1n) is 9.12. The molecule has 1 amide bonds. The second-order valence-electron chi connectivity index (χ2n) is 6.96. The van der Waals surface area contributed by atoms with Crippen LogP contribution in [-0.4, -0.2) is 42.9 Å². The summed E-state index contributed by atoms with van der Waals surface area (Å²) in [6.07, 6.45) is 0. The average Bonchev–Trinajstić information content (AvgIpc) is 3.14. The Balaban J connectivity index is 1.88. The minimum atomic E-state index is -3.85. The van der Waals surface area contributed by atoms with Gasteiger partial charge in [-0.3, -0.25) is 9.63 Å². The molecule has 1 aromatic heterocycles. The number of imidazole rings is 1. The summed E-state index contributed by atoms with van der Waals surface area (Å²) in [4.78, 5) is 25.5. The topological polar surface area (TPSA) is 104 Å². The molecule has 9 heteroatoms. The van der Waals surface area contributed by atoms with Crippen molar-refractivity contribution in [3.8, 4) is 0 Å². The van der Waals surface area contributed by atoms with Gasteiger partial charge in [-0.1, -0.05) is 36.5 Å². The zero-order valence-corrected chi connectivity index (χ0v) is 17.5. The van der Waals surface area contributed by atoms with E-state index in [1.807, 2.05) is 38.1 Å². The highest BCUT2D eigenvalue weighted by Crippen LogP contribution is 2.23. The standard InChI is InChI=1S/C20H24N4O4S/c1-13(2)18(19-21-16-10-5-6-11-17(16)22-19)23-20(25)14-8-7-9-15(12-14)29(26,27)24(3)28-4/h5-13,18H,1-4H3,(H,21,22)(H,23,25)/t18-/m0/s1. The molecule has 1 heterocycles. The van der Waals surface area contributed by atoms with Crippen LogP contribution in [0.2, 0.25) is 0 Å². The maximum Gasteiger partial charge on any atom is 0.264 e. The minimum absolute atomic E-state index is 0.0284. The zero-order chi connectivity index (χ0) is 21.2.